The zero-order valence-corrected chi connectivity index (χ0v) is 23.2. The maximum Gasteiger partial charge on any atom is 0.314 e. The number of fused-ring (bicyclic) bond motifs is 1. The average Bonchev–Trinajstić information content (AvgIpc) is 3.17. The number of hydrogen-bond acceptors (Lipinski definition) is 5. The van der Waals surface area contributed by atoms with Gasteiger partial charge in [0.1, 0.15) is 0 Å². The molecule has 36 heavy (non-hydrogen) atoms. The lowest BCUT2D eigenvalue weighted by Crippen LogP contribution is -2.40. The SMILES string of the molecule is C=C1/C(=C\C=C2/CCC[C@]3(C)[C@@H](C(C)(C)/C=C/[C@@H](O)C(C)(C)C(=O)OCC)CC[C@@H]23)C[C@@H](O)C[C@@H]1O. The third-order valence-electron chi connectivity index (χ3n) is 9.38. The lowest BCUT2D eigenvalue weighted by Gasteiger charge is -2.47. The molecule has 5 nitrogen and oxygen atoms in total. The van der Waals surface area contributed by atoms with E-state index in [9.17, 15) is 20.1 Å². The fourth-order valence-corrected chi connectivity index (χ4v) is 7.06. The molecule has 3 aliphatic carbocycles. The summed E-state index contributed by atoms with van der Waals surface area (Å²) in [5.41, 5.74) is 2.17. The fourth-order valence-electron chi connectivity index (χ4n) is 7.06. The van der Waals surface area contributed by atoms with Gasteiger partial charge in [0.2, 0.25) is 0 Å². The Morgan fingerprint density at radius 2 is 1.92 bits per heavy atom. The second kappa shape index (κ2) is 11.0. The van der Waals surface area contributed by atoms with Crippen molar-refractivity contribution in [1.29, 1.82) is 0 Å². The summed E-state index contributed by atoms with van der Waals surface area (Å²) >= 11 is 0. The van der Waals surface area contributed by atoms with Crippen molar-refractivity contribution in [2.45, 2.75) is 105 Å². The predicted octanol–water partition coefficient (Wildman–Crippen LogP) is 5.66. The number of hydrogen-bond donors (Lipinski definition) is 3. The highest BCUT2D eigenvalue weighted by atomic mass is 16.5. The van der Waals surface area contributed by atoms with Crippen molar-refractivity contribution < 1.29 is 24.9 Å². The van der Waals surface area contributed by atoms with E-state index in [1.807, 2.05) is 0 Å². The number of esters is 1. The fraction of sp³-hybridized carbons (Fsp3) is 0.710. The van der Waals surface area contributed by atoms with E-state index < -0.39 is 23.7 Å². The van der Waals surface area contributed by atoms with Crippen molar-refractivity contribution in [2.75, 3.05) is 6.61 Å². The van der Waals surface area contributed by atoms with Gasteiger partial charge in [0.25, 0.3) is 0 Å². The summed E-state index contributed by atoms with van der Waals surface area (Å²) in [7, 11) is 0. The summed E-state index contributed by atoms with van der Waals surface area (Å²) in [6.45, 7) is 16.5. The van der Waals surface area contributed by atoms with Crippen molar-refractivity contribution in [2.24, 2.45) is 28.1 Å². The summed E-state index contributed by atoms with van der Waals surface area (Å²) < 4.78 is 5.17. The zero-order chi connectivity index (χ0) is 26.9. The molecule has 3 fully saturated rings. The Labute approximate surface area is 218 Å². The first-order valence-corrected chi connectivity index (χ1v) is 13.7. The van der Waals surface area contributed by atoms with Crippen LogP contribution in [0.15, 0.2) is 47.6 Å². The minimum absolute atomic E-state index is 0.137. The van der Waals surface area contributed by atoms with E-state index in [-0.39, 0.29) is 16.8 Å². The van der Waals surface area contributed by atoms with Gasteiger partial charge in [-0.3, -0.25) is 4.79 Å². The third-order valence-corrected chi connectivity index (χ3v) is 9.38. The van der Waals surface area contributed by atoms with Crippen molar-refractivity contribution >= 4 is 5.97 Å². The van der Waals surface area contributed by atoms with Crippen LogP contribution in [-0.2, 0) is 9.53 Å². The summed E-state index contributed by atoms with van der Waals surface area (Å²) in [6, 6.07) is 0. The van der Waals surface area contributed by atoms with Crippen LogP contribution in [0.1, 0.15) is 86.5 Å². The summed E-state index contributed by atoms with van der Waals surface area (Å²) in [4.78, 5) is 12.3. The summed E-state index contributed by atoms with van der Waals surface area (Å²) in [5, 5.41) is 31.1. The Morgan fingerprint density at radius 3 is 2.58 bits per heavy atom. The van der Waals surface area contributed by atoms with E-state index in [1.165, 1.54) is 12.0 Å². The molecule has 3 aliphatic rings. The van der Waals surface area contributed by atoms with Crippen LogP contribution >= 0.6 is 0 Å². The molecule has 0 aromatic carbocycles. The van der Waals surface area contributed by atoms with Crippen LogP contribution < -0.4 is 0 Å². The molecule has 5 heteroatoms. The van der Waals surface area contributed by atoms with E-state index in [0.29, 0.717) is 31.3 Å². The molecule has 0 amide bonds. The topological polar surface area (TPSA) is 87.0 Å². The lowest BCUT2D eigenvalue weighted by atomic mass is 9.57. The number of aliphatic hydroxyl groups is 3. The minimum atomic E-state index is -0.997. The van der Waals surface area contributed by atoms with Crippen LogP contribution in [0, 0.1) is 28.1 Å². The predicted molar refractivity (Wildman–Crippen MR) is 144 cm³/mol. The van der Waals surface area contributed by atoms with Gasteiger partial charge in [0.05, 0.1) is 30.3 Å². The number of allylic oxidation sites excluding steroid dienone is 4. The Morgan fingerprint density at radius 1 is 1.22 bits per heavy atom. The largest absolute Gasteiger partial charge is 0.465 e. The van der Waals surface area contributed by atoms with Gasteiger partial charge in [-0.15, -0.1) is 0 Å². The average molecular weight is 501 g/mol. The van der Waals surface area contributed by atoms with Crippen molar-refractivity contribution in [3.63, 3.8) is 0 Å². The summed E-state index contributed by atoms with van der Waals surface area (Å²) in [5.74, 6) is 0.562. The first-order valence-electron chi connectivity index (χ1n) is 13.7. The van der Waals surface area contributed by atoms with E-state index in [2.05, 4.69) is 45.6 Å². The molecule has 0 bridgehead atoms. The normalized spacial score (nSPS) is 34.9. The molecule has 0 aliphatic heterocycles. The van der Waals surface area contributed by atoms with Crippen LogP contribution in [0.2, 0.25) is 0 Å². The van der Waals surface area contributed by atoms with E-state index in [0.717, 1.165) is 36.8 Å². The van der Waals surface area contributed by atoms with E-state index in [4.69, 9.17) is 4.74 Å². The molecular weight excluding hydrogens is 452 g/mol. The number of carbonyl (C=O) groups is 1. The van der Waals surface area contributed by atoms with Crippen LogP contribution in [0.4, 0.5) is 0 Å². The smallest absolute Gasteiger partial charge is 0.314 e. The van der Waals surface area contributed by atoms with Gasteiger partial charge in [-0.05, 0) is 93.1 Å². The van der Waals surface area contributed by atoms with E-state index in [1.54, 1.807) is 26.8 Å². The molecule has 0 aromatic heterocycles. The Kier molecular flexibility index (Phi) is 8.80. The molecule has 0 unspecified atom stereocenters. The van der Waals surface area contributed by atoms with Crippen molar-refractivity contribution in [3.8, 4) is 0 Å². The molecule has 0 radical (unpaired) electrons. The highest BCUT2D eigenvalue weighted by Gasteiger charge is 2.53. The van der Waals surface area contributed by atoms with Crippen molar-refractivity contribution in [1.82, 2.24) is 0 Å². The summed E-state index contributed by atoms with van der Waals surface area (Å²) in [6.07, 6.45) is 12.7. The lowest BCUT2D eigenvalue weighted by molar-refractivity contribution is -0.158. The first kappa shape index (κ1) is 28.9. The number of rotatable bonds is 7. The van der Waals surface area contributed by atoms with Crippen LogP contribution in [-0.4, -0.2) is 46.2 Å². The molecule has 202 valence electrons. The highest BCUT2D eigenvalue weighted by molar-refractivity contribution is 5.77. The van der Waals surface area contributed by atoms with Gasteiger partial charge in [0, 0.05) is 6.42 Å². The Bertz CT molecular complexity index is 923. The van der Waals surface area contributed by atoms with Gasteiger partial charge in [-0.25, -0.2) is 0 Å². The molecule has 0 heterocycles. The molecule has 0 saturated heterocycles. The van der Waals surface area contributed by atoms with Crippen LogP contribution in [0.5, 0.6) is 0 Å². The Balaban J connectivity index is 1.79. The minimum Gasteiger partial charge on any atom is -0.465 e. The third kappa shape index (κ3) is 5.74. The van der Waals surface area contributed by atoms with Gasteiger partial charge in [-0.2, -0.15) is 0 Å². The number of ether oxygens (including phenoxy) is 1. The van der Waals surface area contributed by atoms with Crippen LogP contribution in [0.3, 0.4) is 0 Å². The molecule has 0 spiro atoms. The molecule has 3 saturated carbocycles. The quantitative estimate of drug-likeness (QED) is 0.310. The van der Waals surface area contributed by atoms with Gasteiger partial charge in [-0.1, -0.05) is 57.2 Å². The highest BCUT2D eigenvalue weighted by Crippen LogP contribution is 2.62. The van der Waals surface area contributed by atoms with Gasteiger partial charge >= 0.3 is 5.97 Å². The number of aliphatic hydroxyl groups excluding tert-OH is 3. The van der Waals surface area contributed by atoms with Gasteiger partial charge in [0.15, 0.2) is 0 Å². The first-order chi connectivity index (χ1) is 16.7. The molecule has 0 aromatic rings. The standard InChI is InChI=1S/C31H48O5/c1-8-36-28(35)30(5,6)27(34)15-17-29(3,4)26-14-13-24-21(10-9-16-31(24,26)7)11-12-22-18-23(32)19-25(33)20(22)2/h11-12,15,17,23-27,32-34H,2,8-10,13-14,16,18-19H2,1,3-7H3/b17-15+,21-11+,22-12-/t23-,24+,25+,26-,27-,31+/m1/s1. The second-order valence-electron chi connectivity index (χ2n) is 12.7. The van der Waals surface area contributed by atoms with Gasteiger partial charge < -0.3 is 20.1 Å². The molecule has 6 atom stereocenters. The maximum atomic E-state index is 12.3. The zero-order valence-electron chi connectivity index (χ0n) is 23.2. The second-order valence-corrected chi connectivity index (χ2v) is 12.7. The molecule has 3 rings (SSSR count). The monoisotopic (exact) mass is 500 g/mol. The van der Waals surface area contributed by atoms with Crippen LogP contribution in [0.25, 0.3) is 0 Å². The maximum absolute atomic E-state index is 12.3. The Hall–Kier alpha value is -1.69. The molecular formula is C31H48O5. The molecule has 3 N–H and O–H groups in total. The van der Waals surface area contributed by atoms with Crippen molar-refractivity contribution in [3.05, 3.63) is 47.6 Å². The van der Waals surface area contributed by atoms with E-state index >= 15 is 0 Å². The number of carbonyl (C=O) groups excluding carboxylic acids is 1.